The molecule has 0 saturated carbocycles. The highest BCUT2D eigenvalue weighted by atomic mass is 127. The predicted octanol–water partition coefficient (Wildman–Crippen LogP) is 30.9. The fourth-order valence-electron chi connectivity index (χ4n) is 12.4. The summed E-state index contributed by atoms with van der Waals surface area (Å²) in [5.41, 5.74) is -0.113. The van der Waals surface area contributed by atoms with Crippen molar-refractivity contribution in [3.8, 4) is 69.0 Å². The Bertz CT molecular complexity index is 5860. The molecule has 0 heterocycles. The summed E-state index contributed by atoms with van der Waals surface area (Å²) in [4.78, 5) is 67.6. The number of hydrogen-bond donors (Lipinski definition) is 0. The van der Waals surface area contributed by atoms with E-state index in [0.29, 0.717) is 69.2 Å². The second-order valence-electron chi connectivity index (χ2n) is 30.6. The second kappa shape index (κ2) is 55.3. The number of ether oxygens (including phenoxy) is 18. The van der Waals surface area contributed by atoms with Gasteiger partial charge in [-0.05, 0) is 210 Å². The summed E-state index contributed by atoms with van der Waals surface area (Å²) in [5, 5.41) is 0.182. The van der Waals surface area contributed by atoms with E-state index in [9.17, 15) is 112 Å². The summed E-state index contributed by atoms with van der Waals surface area (Å²) in [5.74, 6) is -2.30. The lowest BCUT2D eigenvalue weighted by molar-refractivity contribution is -0.140. The van der Waals surface area contributed by atoms with Crippen LogP contribution >= 0.6 is 50.1 Å². The maximum absolute atomic E-state index is 14.0. The molecule has 0 aliphatic rings. The van der Waals surface area contributed by atoms with Crippen LogP contribution in [0.3, 0.4) is 0 Å². The van der Waals surface area contributed by atoms with Crippen LogP contribution in [-0.4, -0.2) is 79.6 Å². The van der Waals surface area contributed by atoms with E-state index in [1.54, 1.807) is 96.1 Å². The van der Waals surface area contributed by atoms with E-state index in [1.165, 1.54) is 128 Å². The minimum absolute atomic E-state index is 0.0417. The zero-order chi connectivity index (χ0) is 111. The van der Waals surface area contributed by atoms with Crippen LogP contribution in [0.15, 0.2) is 229 Å². The number of rotatable bonds is 24. The van der Waals surface area contributed by atoms with Crippen molar-refractivity contribution in [3.63, 3.8) is 0 Å². The average Bonchev–Trinajstić information content (AvgIpc) is 0.810. The first kappa shape index (κ1) is 121. The van der Waals surface area contributed by atoms with Gasteiger partial charge in [0.25, 0.3) is 0 Å². The molecule has 0 aliphatic carbocycles. The first-order valence-electron chi connectivity index (χ1n) is 42.6. The monoisotopic (exact) mass is 2310 g/mol. The van der Waals surface area contributed by atoms with Gasteiger partial charge >= 0.3 is 74.0 Å². The van der Waals surface area contributed by atoms with Crippen molar-refractivity contribution < 1.29 is 197 Å². The maximum Gasteiger partial charge on any atom is 0.513 e. The molecule has 46 heteroatoms. The van der Waals surface area contributed by atoms with Gasteiger partial charge in [0, 0.05) is 30.3 Å². The topological polar surface area (TPSA) is 269 Å². The normalized spacial score (nSPS) is 11.1. The van der Waals surface area contributed by atoms with Crippen molar-refractivity contribution in [1.29, 1.82) is 0 Å². The van der Waals surface area contributed by atoms with E-state index in [2.05, 4.69) is 44.4 Å². The van der Waals surface area contributed by atoms with Crippen molar-refractivity contribution in [2.24, 2.45) is 0 Å². The van der Waals surface area contributed by atoms with Gasteiger partial charge in [0.2, 0.25) is 0 Å². The average molecular weight is 2310 g/mol. The molecule has 12 aromatic rings. The summed E-state index contributed by atoms with van der Waals surface area (Å²) in [7, 11) is 6.83. The number of methoxy groups -OCH3 is 6. The molecular formula is C103H88BrClF19IO24. The Kier molecular flexibility index (Phi) is 45.0. The van der Waals surface area contributed by atoms with E-state index >= 15 is 0 Å². The number of carbonyl (C=O) groups excluding carboxylic acids is 6. The molecule has 0 bridgehead atoms. The van der Waals surface area contributed by atoms with Gasteiger partial charge in [-0.2, -0.15) is 79.0 Å². The van der Waals surface area contributed by atoms with Crippen LogP contribution < -0.4 is 56.8 Å². The Labute approximate surface area is 865 Å². The zero-order valence-electron chi connectivity index (χ0n) is 80.2. The van der Waals surface area contributed by atoms with Gasteiger partial charge < -0.3 is 85.3 Å². The van der Waals surface area contributed by atoms with Crippen molar-refractivity contribution >= 4 is 87.1 Å². The molecule has 0 atom stereocenters. The number of benzene rings is 12. The highest BCUT2D eigenvalue weighted by molar-refractivity contribution is 14.1. The maximum atomic E-state index is 14.0. The van der Waals surface area contributed by atoms with Crippen molar-refractivity contribution in [2.75, 3.05) is 42.7 Å². The molecule has 0 N–H and O–H groups in total. The summed E-state index contributed by atoms with van der Waals surface area (Å²) in [6.07, 6.45) is -33.1. The molecule has 0 radical (unpaired) electrons. The minimum atomic E-state index is -4.62. The van der Waals surface area contributed by atoms with Crippen LogP contribution in [0.4, 0.5) is 112 Å². The molecule has 0 spiro atoms. The quantitative estimate of drug-likeness (QED) is 0.0179. The smallest absolute Gasteiger partial charge is 0.488 e. The summed E-state index contributed by atoms with van der Waals surface area (Å²) >= 11 is 11.3. The van der Waals surface area contributed by atoms with Crippen LogP contribution in [0.1, 0.15) is 106 Å². The molecule has 0 unspecified atom stereocenters. The van der Waals surface area contributed by atoms with Crippen LogP contribution in [0.2, 0.25) is 5.02 Å². The molecule has 149 heavy (non-hydrogen) atoms. The van der Waals surface area contributed by atoms with Gasteiger partial charge in [0.1, 0.15) is 114 Å². The standard InChI is InChI=1S/C18H17F3O4.C17H14BrF3O4.C17H14ClF3O4.C17H14F4O4.C17H14F3IO4.C17H15F3O4/c1-11-7-8-16(14(9-11)18(19,20)21)24-10-13-12(2)5-4-6-15(13)25-17(22)23-3;3*1-10-6-7-15(12(8-10)17(19,20)21)24-9-11-13(18)4-3-5-14(11)25-16(22)23-2;1-10-6-7-15(12(8-10)17(18,19)20)24-9-11-13(21)4-3-5-14(11)25-16(22)23-2;1-11-7-8-15(13(9-11)17(18,19)20)23-10-12-5-3-4-6-14(12)24-16(21)22-2/h4-9H,10H2,1-3H3;4*3-8H,9H2,1-2H3;3-9H,10H2,1-2H3. The second-order valence-corrected chi connectivity index (χ2v) is 33.0. The first-order chi connectivity index (χ1) is 69.9. The highest BCUT2D eigenvalue weighted by Gasteiger charge is 2.41. The molecule has 12 aromatic carbocycles. The van der Waals surface area contributed by atoms with Gasteiger partial charge in [0.05, 0.1) is 92.2 Å². The van der Waals surface area contributed by atoms with Crippen molar-refractivity contribution in [3.05, 3.63) is 349 Å². The number of para-hydroxylation sites is 1. The van der Waals surface area contributed by atoms with Gasteiger partial charge in [-0.15, -0.1) is 0 Å². The molecular weight excluding hydrogens is 2220 g/mol. The summed E-state index contributed by atoms with van der Waals surface area (Å²) < 4.78 is 340. The van der Waals surface area contributed by atoms with E-state index < -0.39 is 126 Å². The van der Waals surface area contributed by atoms with Crippen LogP contribution in [0, 0.1) is 57.9 Å². The summed E-state index contributed by atoms with van der Waals surface area (Å²) in [6, 6.07) is 51.5. The molecule has 0 fully saturated rings. The number of aryl methyl sites for hydroxylation is 7. The van der Waals surface area contributed by atoms with Gasteiger partial charge in [-0.25, -0.2) is 33.2 Å². The molecule has 798 valence electrons. The number of halogens is 22. The molecule has 0 aromatic heterocycles. The van der Waals surface area contributed by atoms with E-state index in [0.717, 1.165) is 91.2 Å². The Hall–Kier alpha value is -14.8. The SMILES string of the molecule is COC(=O)Oc1cccc(Br)c1COc1ccc(C)cc1C(F)(F)F.COC(=O)Oc1cccc(C)c1COc1ccc(C)cc1C(F)(F)F.COC(=O)Oc1cccc(Cl)c1COc1ccc(C)cc1C(F)(F)F.COC(=O)Oc1cccc(F)c1COc1ccc(C)cc1C(F)(F)F.COC(=O)Oc1cccc(I)c1COc1ccc(C)cc1C(F)(F)F.COC(=O)Oc1ccccc1COc1ccc(C)cc1C(F)(F)F. The third-order valence-corrected chi connectivity index (χ3v) is 21.8. The van der Waals surface area contributed by atoms with Crippen LogP contribution in [-0.2, 0) is 105 Å². The fraction of sp³-hybridized carbons (Fsp3) is 0.243. The Balaban J connectivity index is 0.000000242. The lowest BCUT2D eigenvalue weighted by Gasteiger charge is -2.17. The van der Waals surface area contributed by atoms with Gasteiger partial charge in [-0.1, -0.05) is 152 Å². The Morgan fingerprint density at radius 2 is 0.497 bits per heavy atom. The van der Waals surface area contributed by atoms with E-state index in [-0.39, 0.29) is 112 Å². The largest absolute Gasteiger partial charge is 0.513 e. The summed E-state index contributed by atoms with van der Waals surface area (Å²) in [6.45, 7) is 9.37. The zero-order valence-corrected chi connectivity index (χ0v) is 84.7. The lowest BCUT2D eigenvalue weighted by atomic mass is 10.1. The van der Waals surface area contributed by atoms with Crippen LogP contribution in [0.25, 0.3) is 0 Å². The molecule has 0 amide bonds. The highest BCUT2D eigenvalue weighted by Crippen LogP contribution is 2.46. The molecule has 12 rings (SSSR count). The number of alkyl halides is 18. The van der Waals surface area contributed by atoms with E-state index in [1.807, 2.05) is 22.6 Å². The minimum Gasteiger partial charge on any atom is -0.488 e. The van der Waals surface area contributed by atoms with Gasteiger partial charge in [0.15, 0.2) is 0 Å². The fourth-order valence-corrected chi connectivity index (χ4v) is 13.7. The third-order valence-electron chi connectivity index (χ3n) is 19.7. The molecule has 0 aliphatic heterocycles. The first-order valence-corrected chi connectivity index (χ1v) is 44.8. The van der Waals surface area contributed by atoms with Gasteiger partial charge in [-0.3, -0.25) is 0 Å². The molecule has 0 saturated heterocycles. The Morgan fingerprint density at radius 3 is 0.826 bits per heavy atom. The molecule has 24 nitrogen and oxygen atoms in total. The number of hydrogen-bond acceptors (Lipinski definition) is 24. The lowest BCUT2D eigenvalue weighted by Crippen LogP contribution is -2.12. The third kappa shape index (κ3) is 37.8. The van der Waals surface area contributed by atoms with Crippen molar-refractivity contribution in [1.82, 2.24) is 0 Å². The Morgan fingerprint density at radius 1 is 0.262 bits per heavy atom. The van der Waals surface area contributed by atoms with E-state index in [4.69, 9.17) is 68.4 Å². The van der Waals surface area contributed by atoms with Crippen LogP contribution in [0.5, 0.6) is 69.0 Å². The number of carbonyl (C=O) groups is 6. The predicted molar refractivity (Wildman–Crippen MR) is 510 cm³/mol. The van der Waals surface area contributed by atoms with Crippen molar-refractivity contribution in [2.45, 2.75) is 125 Å².